The smallest absolute Gasteiger partial charge is 0.163 e. The molecule has 0 bridgehead atoms. The summed E-state index contributed by atoms with van der Waals surface area (Å²) in [6.07, 6.45) is 2.79. The molecule has 0 aromatic rings. The number of hydroxylamine groups is 1. The van der Waals surface area contributed by atoms with Gasteiger partial charge in [0, 0.05) is 6.42 Å². The second kappa shape index (κ2) is 2.26. The van der Waals surface area contributed by atoms with Crippen molar-refractivity contribution in [3.05, 3.63) is 0 Å². The molecule has 13 heavy (non-hydrogen) atoms. The van der Waals surface area contributed by atoms with Crippen LogP contribution in [0.5, 0.6) is 0 Å². The number of nitrogens with zero attached hydrogens (tertiary/aromatic N) is 1. The van der Waals surface area contributed by atoms with E-state index < -0.39 is 0 Å². The first-order valence-electron chi connectivity index (χ1n) is 4.75. The van der Waals surface area contributed by atoms with Crippen LogP contribution in [0.2, 0.25) is 0 Å². The molecule has 1 aliphatic carbocycles. The number of nitrogens with one attached hydrogen (secondary N) is 1. The van der Waals surface area contributed by atoms with Gasteiger partial charge in [-0.3, -0.25) is 4.84 Å². The van der Waals surface area contributed by atoms with Crippen LogP contribution >= 0.6 is 0 Å². The van der Waals surface area contributed by atoms with Crippen molar-refractivity contribution < 1.29 is 4.84 Å². The van der Waals surface area contributed by atoms with Gasteiger partial charge in [0.2, 0.25) is 0 Å². The van der Waals surface area contributed by atoms with Gasteiger partial charge in [0.15, 0.2) is 5.72 Å². The van der Waals surface area contributed by atoms with Crippen molar-refractivity contribution in [2.24, 2.45) is 10.8 Å². The summed E-state index contributed by atoms with van der Waals surface area (Å²) in [6, 6.07) is 2.41. The molecule has 1 N–H and O–H groups in total. The second-order valence-corrected chi connectivity index (χ2v) is 5.57. The summed E-state index contributed by atoms with van der Waals surface area (Å²) in [5, 5.41) is 9.11. The molecule has 2 fully saturated rings. The lowest BCUT2D eigenvalue weighted by Gasteiger charge is -2.40. The van der Waals surface area contributed by atoms with Crippen LogP contribution in [0.15, 0.2) is 0 Å². The molecule has 0 radical (unpaired) electrons. The third-order valence-electron chi connectivity index (χ3n) is 2.97. The van der Waals surface area contributed by atoms with Crippen LogP contribution in [0, 0.1) is 22.2 Å². The van der Waals surface area contributed by atoms with Crippen molar-refractivity contribution >= 4 is 0 Å². The third-order valence-corrected chi connectivity index (χ3v) is 2.97. The fraction of sp³-hybridized carbons (Fsp3) is 0.900. The highest BCUT2D eigenvalue weighted by Crippen LogP contribution is 2.53. The van der Waals surface area contributed by atoms with E-state index in [4.69, 9.17) is 10.1 Å². The molecule has 72 valence electrons. The molecule has 1 saturated carbocycles. The molecule has 0 amide bonds. The molecular formula is C10H16N2O. The van der Waals surface area contributed by atoms with E-state index in [1.807, 2.05) is 6.92 Å². The Bertz CT molecular complexity index is 267. The van der Waals surface area contributed by atoms with Crippen LogP contribution < -0.4 is 5.48 Å². The highest BCUT2D eigenvalue weighted by atomic mass is 16.8. The fourth-order valence-electron chi connectivity index (χ4n) is 2.94. The van der Waals surface area contributed by atoms with E-state index in [-0.39, 0.29) is 16.6 Å². The highest BCUT2D eigenvalue weighted by Gasteiger charge is 2.57. The molecule has 0 aromatic carbocycles. The van der Waals surface area contributed by atoms with Gasteiger partial charge in [-0.25, -0.2) is 0 Å². The average Bonchev–Trinajstić information content (AvgIpc) is 2.64. The fourth-order valence-corrected chi connectivity index (χ4v) is 2.94. The van der Waals surface area contributed by atoms with Crippen molar-refractivity contribution in [3.8, 4) is 6.07 Å². The summed E-state index contributed by atoms with van der Waals surface area (Å²) in [6.45, 7) is 6.43. The summed E-state index contributed by atoms with van der Waals surface area (Å²) in [7, 11) is 0. The van der Waals surface area contributed by atoms with Crippen LogP contribution in [0.1, 0.15) is 40.0 Å². The first-order valence-corrected chi connectivity index (χ1v) is 4.75. The Morgan fingerprint density at radius 1 is 1.23 bits per heavy atom. The molecule has 2 rings (SSSR count). The zero-order valence-corrected chi connectivity index (χ0v) is 8.48. The zero-order chi connectivity index (χ0) is 9.74. The average molecular weight is 180 g/mol. The Hall–Kier alpha value is -0.590. The summed E-state index contributed by atoms with van der Waals surface area (Å²) >= 11 is 0. The monoisotopic (exact) mass is 180 g/mol. The van der Waals surface area contributed by atoms with E-state index in [2.05, 4.69) is 25.4 Å². The number of nitriles is 1. The van der Waals surface area contributed by atoms with Gasteiger partial charge in [-0.1, -0.05) is 13.8 Å². The lowest BCUT2D eigenvalue weighted by Crippen LogP contribution is -2.40. The minimum absolute atomic E-state index is 0.174. The maximum atomic E-state index is 9.11. The molecule has 1 heterocycles. The van der Waals surface area contributed by atoms with E-state index >= 15 is 0 Å². The molecule has 2 unspecified atom stereocenters. The number of rotatable bonds is 0. The molecule has 3 nitrogen and oxygen atoms in total. The minimum atomic E-state index is -0.231. The number of hydrogen-bond acceptors (Lipinski definition) is 3. The molecule has 3 heteroatoms. The van der Waals surface area contributed by atoms with Gasteiger partial charge in [0.1, 0.15) is 0 Å². The predicted molar refractivity (Wildman–Crippen MR) is 48.3 cm³/mol. The Morgan fingerprint density at radius 3 is 2.31 bits per heavy atom. The van der Waals surface area contributed by atoms with Crippen molar-refractivity contribution in [1.29, 1.82) is 5.26 Å². The van der Waals surface area contributed by atoms with Crippen LogP contribution in [0.25, 0.3) is 0 Å². The van der Waals surface area contributed by atoms with E-state index in [1.54, 1.807) is 0 Å². The normalized spacial score (nSPS) is 47.2. The van der Waals surface area contributed by atoms with E-state index in [0.29, 0.717) is 0 Å². The molecule has 1 aliphatic heterocycles. The van der Waals surface area contributed by atoms with Gasteiger partial charge < -0.3 is 0 Å². The van der Waals surface area contributed by atoms with Crippen molar-refractivity contribution in [2.75, 3.05) is 0 Å². The van der Waals surface area contributed by atoms with Crippen LogP contribution in [0.4, 0.5) is 0 Å². The van der Waals surface area contributed by atoms with Crippen LogP contribution in [0.3, 0.4) is 0 Å². The Labute approximate surface area is 79.0 Å². The van der Waals surface area contributed by atoms with Crippen LogP contribution in [-0.4, -0.2) is 5.72 Å². The lowest BCUT2D eigenvalue weighted by molar-refractivity contribution is 0.0641. The minimum Gasteiger partial charge on any atom is -0.275 e. The quantitative estimate of drug-likeness (QED) is 0.580. The molecule has 1 saturated heterocycles. The standard InChI is InChI=1S/C10H16N2O/c1-8(2)4-9(3,7-11)6-10(5-8)12-13-10/h12H,4-6H2,1-3H3. The van der Waals surface area contributed by atoms with Gasteiger partial charge >= 0.3 is 0 Å². The molecule has 2 atom stereocenters. The number of hydrogen-bond donors (Lipinski definition) is 1. The summed E-state index contributed by atoms with van der Waals surface area (Å²) in [4.78, 5) is 5.27. The Morgan fingerprint density at radius 2 is 1.85 bits per heavy atom. The predicted octanol–water partition coefficient (Wildman–Crippen LogP) is 1.96. The summed E-state index contributed by atoms with van der Waals surface area (Å²) in [5.41, 5.74) is 2.74. The van der Waals surface area contributed by atoms with Crippen LogP contribution in [-0.2, 0) is 4.84 Å². The molecule has 1 spiro atoms. The van der Waals surface area contributed by atoms with Crippen molar-refractivity contribution in [1.82, 2.24) is 5.48 Å². The summed E-state index contributed by atoms with van der Waals surface area (Å²) in [5.74, 6) is 0. The Kier molecular flexibility index (Phi) is 1.56. The maximum Gasteiger partial charge on any atom is 0.163 e. The maximum absolute atomic E-state index is 9.11. The zero-order valence-electron chi connectivity index (χ0n) is 8.48. The third kappa shape index (κ3) is 1.56. The molecule has 2 aliphatic rings. The Balaban J connectivity index is 2.23. The van der Waals surface area contributed by atoms with E-state index in [9.17, 15) is 0 Å². The summed E-state index contributed by atoms with van der Waals surface area (Å²) < 4.78 is 0. The SMILES string of the molecule is CC1(C)CC(C)(C#N)CC2(C1)NO2. The van der Waals surface area contributed by atoms with Gasteiger partial charge in [-0.2, -0.15) is 10.7 Å². The first kappa shape index (κ1) is 8.98. The van der Waals surface area contributed by atoms with Crippen molar-refractivity contribution in [2.45, 2.75) is 45.8 Å². The van der Waals surface area contributed by atoms with E-state index in [1.165, 1.54) is 0 Å². The van der Waals surface area contributed by atoms with E-state index in [0.717, 1.165) is 19.3 Å². The molecular weight excluding hydrogens is 164 g/mol. The van der Waals surface area contributed by atoms with Gasteiger partial charge in [0.25, 0.3) is 0 Å². The topological polar surface area (TPSA) is 58.3 Å². The highest BCUT2D eigenvalue weighted by molar-refractivity contribution is 5.09. The second-order valence-electron chi connectivity index (χ2n) is 5.57. The lowest BCUT2D eigenvalue weighted by atomic mass is 9.63. The van der Waals surface area contributed by atoms with Crippen molar-refractivity contribution in [3.63, 3.8) is 0 Å². The van der Waals surface area contributed by atoms with Gasteiger partial charge in [-0.15, -0.1) is 0 Å². The van der Waals surface area contributed by atoms with Gasteiger partial charge in [-0.05, 0) is 25.2 Å². The van der Waals surface area contributed by atoms with Gasteiger partial charge in [0.05, 0.1) is 11.5 Å². The first-order chi connectivity index (χ1) is 5.89. The molecule has 0 aromatic heterocycles. The largest absolute Gasteiger partial charge is 0.275 e.